The third kappa shape index (κ3) is 20.2. The number of carbonyl (C=O) groups excluding carboxylic acids is 1. The molecule has 3 atom stereocenters. The Kier molecular flexibility index (Phi) is 33.4. The molecular formula is C27H32FeO8S. The largest absolute Gasteiger partial charge is 0 e. The number of aryl methyl sites for hydroxylation is 1. The third-order valence-corrected chi connectivity index (χ3v) is 5.45. The molecule has 8 nitrogen and oxygen atoms in total. The minimum absolute atomic E-state index is 0. The fourth-order valence-electron chi connectivity index (χ4n) is 2.76. The number of carbonyl (C=O) groups is 1. The van der Waals surface area contributed by atoms with E-state index < -0.39 is 10.8 Å². The van der Waals surface area contributed by atoms with E-state index in [9.17, 15) is 9.00 Å². The molecule has 1 aromatic rings. The predicted octanol–water partition coefficient (Wildman–Crippen LogP) is 4.75. The van der Waals surface area contributed by atoms with Gasteiger partial charge in [0.15, 0.2) is 0 Å². The summed E-state index contributed by atoms with van der Waals surface area (Å²) < 4.78 is 50.9. The Balaban J connectivity index is -0.000000721. The molecule has 0 amide bonds. The number of methoxy groups -OCH3 is 2. The second-order valence-electron chi connectivity index (χ2n) is 6.73. The van der Waals surface area contributed by atoms with Crippen molar-refractivity contribution in [1.82, 2.24) is 0 Å². The molecule has 0 aliphatic carbocycles. The number of hydrogen-bond donors (Lipinski definition) is 0. The van der Waals surface area contributed by atoms with Crippen LogP contribution in [0.4, 0.5) is 0 Å². The van der Waals surface area contributed by atoms with Gasteiger partial charge in [0, 0.05) is 34.5 Å². The first kappa shape index (κ1) is 41.6. The molecule has 0 saturated carbocycles. The molecule has 1 rings (SSSR count). The average Bonchev–Trinajstić information content (AvgIpc) is 2.92. The smallest absolute Gasteiger partial charge is 0 e. The van der Waals surface area contributed by atoms with Crippen LogP contribution in [-0.4, -0.2) is 37.3 Å². The van der Waals surface area contributed by atoms with Gasteiger partial charge in [-0.05, 0) is 49.5 Å². The van der Waals surface area contributed by atoms with Gasteiger partial charge >= 0.3 is 39.9 Å². The first-order valence-corrected chi connectivity index (χ1v) is 11.5. The number of ether oxygens (including phenoxy) is 3. The van der Waals surface area contributed by atoms with E-state index in [1.165, 1.54) is 7.11 Å². The maximum atomic E-state index is 12.7. The SMILES string of the molecule is C=CC[C@@H](/C=C(/C=C\[S@@](=O)c1ccc(C)cc1)[C@@H](CC=C)OCOC)CC(=O)OC.[C-]#[O+].[C-]#[O+].[C-]#[O+].[Fe]. The van der Waals surface area contributed by atoms with Crippen LogP contribution in [0.3, 0.4) is 0 Å². The number of esters is 1. The summed E-state index contributed by atoms with van der Waals surface area (Å²) in [5.74, 6) is -0.427. The van der Waals surface area contributed by atoms with E-state index in [-0.39, 0.29) is 48.3 Å². The first-order valence-electron chi connectivity index (χ1n) is 10.3. The van der Waals surface area contributed by atoms with Crippen molar-refractivity contribution in [3.63, 3.8) is 0 Å². The van der Waals surface area contributed by atoms with E-state index in [2.05, 4.69) is 33.1 Å². The van der Waals surface area contributed by atoms with Crippen molar-refractivity contribution in [1.29, 1.82) is 0 Å². The van der Waals surface area contributed by atoms with E-state index in [1.807, 2.05) is 37.3 Å². The van der Waals surface area contributed by atoms with Gasteiger partial charge in [-0.15, -0.1) is 13.2 Å². The van der Waals surface area contributed by atoms with Gasteiger partial charge in [-0.3, -0.25) is 4.79 Å². The Bertz CT molecular complexity index is 887. The molecule has 1 aromatic carbocycles. The average molecular weight is 572 g/mol. The number of allylic oxidation sites excluding steroid dienone is 2. The minimum Gasteiger partial charge on any atom is 0 e. The summed E-state index contributed by atoms with van der Waals surface area (Å²) >= 11 is 0. The molecule has 0 unspecified atom stereocenters. The summed E-state index contributed by atoms with van der Waals surface area (Å²) in [6, 6.07) is 7.55. The molecule has 0 fully saturated rings. The van der Waals surface area contributed by atoms with Gasteiger partial charge in [0.25, 0.3) is 0 Å². The van der Waals surface area contributed by atoms with E-state index in [1.54, 1.807) is 30.7 Å². The minimum atomic E-state index is -1.32. The maximum Gasteiger partial charge on any atom is 0 e. The number of hydrogen-bond acceptors (Lipinski definition) is 5. The van der Waals surface area contributed by atoms with Crippen molar-refractivity contribution in [2.45, 2.75) is 37.2 Å². The predicted molar refractivity (Wildman–Crippen MR) is 133 cm³/mol. The summed E-state index contributed by atoms with van der Waals surface area (Å²) in [4.78, 5) is 12.5. The van der Waals surface area contributed by atoms with Crippen molar-refractivity contribution in [3.8, 4) is 0 Å². The van der Waals surface area contributed by atoms with Crippen molar-refractivity contribution >= 4 is 16.8 Å². The molecule has 0 aromatic heterocycles. The molecule has 0 N–H and O–H groups in total. The summed E-state index contributed by atoms with van der Waals surface area (Å²) in [5.41, 5.74) is 1.90. The first-order chi connectivity index (χ1) is 17.4. The Labute approximate surface area is 232 Å². The van der Waals surface area contributed by atoms with Gasteiger partial charge in [0.05, 0.1) is 30.4 Å². The fraction of sp³-hybridized carbons (Fsp3) is 0.333. The standard InChI is InChI=1S/C24H32O5S.3CO.Fe/c1-6-8-20(17-24(25)28-5)16-21(23(9-7-2)29-18-27-4)14-15-30(26)22-12-10-19(3)11-13-22;3*1-2;/h6-7,10-16,20,23H,1-2,8-9,17-18H2,3-5H3;;;;/b15-14-,21-16-;;;;/t20-,23+,30+;;;;/m0..../s1. The number of benzene rings is 1. The van der Waals surface area contributed by atoms with Gasteiger partial charge in [0.2, 0.25) is 0 Å². The zero-order valence-electron chi connectivity index (χ0n) is 21.1. The van der Waals surface area contributed by atoms with E-state index in [0.29, 0.717) is 17.7 Å². The van der Waals surface area contributed by atoms with Crippen LogP contribution < -0.4 is 0 Å². The molecule has 0 bridgehead atoms. The van der Waals surface area contributed by atoms with Gasteiger partial charge in [-0.2, -0.15) is 0 Å². The topological polar surface area (TPSA) is 122 Å². The Morgan fingerprint density at radius 2 is 1.57 bits per heavy atom. The van der Waals surface area contributed by atoms with Gasteiger partial charge in [0.1, 0.15) is 6.79 Å². The van der Waals surface area contributed by atoms with Gasteiger partial charge < -0.3 is 14.2 Å². The van der Waals surface area contributed by atoms with Crippen LogP contribution in [-0.2, 0) is 60.8 Å². The van der Waals surface area contributed by atoms with Crippen LogP contribution in [0.2, 0.25) is 0 Å². The third-order valence-electron chi connectivity index (χ3n) is 4.33. The second-order valence-corrected chi connectivity index (χ2v) is 8.07. The molecule has 0 spiro atoms. The van der Waals surface area contributed by atoms with Crippen LogP contribution in [0, 0.1) is 32.8 Å². The zero-order valence-corrected chi connectivity index (χ0v) is 23.0. The van der Waals surface area contributed by atoms with Crippen LogP contribution in [0.5, 0.6) is 0 Å². The van der Waals surface area contributed by atoms with Gasteiger partial charge in [-0.1, -0.05) is 35.9 Å². The Morgan fingerprint density at radius 3 is 2.03 bits per heavy atom. The summed E-state index contributed by atoms with van der Waals surface area (Å²) in [7, 11) is 1.60. The molecule has 10 heteroatoms. The van der Waals surface area contributed by atoms with Crippen LogP contribution in [0.25, 0.3) is 0 Å². The van der Waals surface area contributed by atoms with Crippen LogP contribution >= 0.6 is 0 Å². The molecule has 0 aliphatic heterocycles. The second kappa shape index (κ2) is 29.7. The molecular weight excluding hydrogens is 540 g/mol. The molecule has 0 aliphatic rings. The molecule has 0 saturated heterocycles. The van der Waals surface area contributed by atoms with E-state index in [0.717, 1.165) is 11.1 Å². The zero-order chi connectivity index (χ0) is 28.4. The van der Waals surface area contributed by atoms with E-state index in [4.69, 9.17) is 28.2 Å². The number of rotatable bonds is 14. The fourth-order valence-corrected chi connectivity index (χ4v) is 3.60. The quantitative estimate of drug-likeness (QED) is 0.0606. The molecule has 202 valence electrons. The molecule has 37 heavy (non-hydrogen) atoms. The normalized spacial score (nSPS) is 12.2. The summed E-state index contributed by atoms with van der Waals surface area (Å²) in [5, 5.41) is 1.63. The monoisotopic (exact) mass is 572 g/mol. The Morgan fingerprint density at radius 1 is 1.03 bits per heavy atom. The van der Waals surface area contributed by atoms with Gasteiger partial charge in [-0.25, -0.2) is 4.21 Å². The Hall–Kier alpha value is -2.54. The van der Waals surface area contributed by atoms with Crippen molar-refractivity contribution in [3.05, 3.63) is 98.2 Å². The van der Waals surface area contributed by atoms with Crippen LogP contribution in [0.15, 0.2) is 77.6 Å². The summed E-state index contributed by atoms with van der Waals surface area (Å²) in [6.07, 6.45) is 8.24. The summed E-state index contributed by atoms with van der Waals surface area (Å²) in [6.45, 7) is 23.2. The van der Waals surface area contributed by atoms with Crippen LogP contribution in [0.1, 0.15) is 24.8 Å². The van der Waals surface area contributed by atoms with Crippen molar-refractivity contribution in [2.75, 3.05) is 21.0 Å². The maximum absolute atomic E-state index is 12.7. The molecule has 0 radical (unpaired) electrons. The molecule has 0 heterocycles. The van der Waals surface area contributed by atoms with Crippen molar-refractivity contribution < 1.29 is 54.2 Å². The van der Waals surface area contributed by atoms with E-state index >= 15 is 0 Å². The van der Waals surface area contributed by atoms with Crippen molar-refractivity contribution in [2.24, 2.45) is 5.92 Å².